The first kappa shape index (κ1) is 15.7. The quantitative estimate of drug-likeness (QED) is 0.845. The molecule has 1 saturated carbocycles. The molecule has 5 heteroatoms. The Hall–Kier alpha value is -0.320. The van der Waals surface area contributed by atoms with Crippen LogP contribution in [0.25, 0.3) is 0 Å². The predicted octanol–water partition coefficient (Wildman–Crippen LogP) is 1.44. The summed E-state index contributed by atoms with van der Waals surface area (Å²) in [7, 11) is 1.93. The molecule has 0 aromatic heterocycles. The number of morpholine rings is 1. The summed E-state index contributed by atoms with van der Waals surface area (Å²) in [6.07, 6.45) is 5.84. The molecule has 1 heterocycles. The van der Waals surface area contributed by atoms with E-state index in [0.717, 1.165) is 25.6 Å². The molecule has 1 aliphatic carbocycles. The largest absolute Gasteiger partial charge is 0.378 e. The zero-order chi connectivity index (χ0) is 12.1. The molecule has 18 heavy (non-hydrogen) atoms. The number of hydrogen-bond acceptors (Lipinski definition) is 3. The van der Waals surface area contributed by atoms with E-state index in [4.69, 9.17) is 4.74 Å². The van der Waals surface area contributed by atoms with E-state index in [0.29, 0.717) is 13.0 Å². The lowest BCUT2D eigenvalue weighted by Crippen LogP contribution is -2.45. The van der Waals surface area contributed by atoms with E-state index < -0.39 is 0 Å². The van der Waals surface area contributed by atoms with Crippen molar-refractivity contribution in [3.05, 3.63) is 0 Å². The molecule has 1 amide bonds. The third kappa shape index (κ3) is 4.75. The lowest BCUT2D eigenvalue weighted by Gasteiger charge is -2.27. The average Bonchev–Trinajstić information content (AvgIpc) is 2.83. The van der Waals surface area contributed by atoms with E-state index in [9.17, 15) is 4.79 Å². The first-order chi connectivity index (χ1) is 8.25. The van der Waals surface area contributed by atoms with Crippen LogP contribution in [0.5, 0.6) is 0 Å². The number of carbonyl (C=O) groups excluding carboxylic acids is 1. The number of nitrogens with one attached hydrogen (secondary N) is 1. The lowest BCUT2D eigenvalue weighted by molar-refractivity contribution is -0.131. The summed E-state index contributed by atoms with van der Waals surface area (Å²) in [6, 6.07) is 0.210. The number of ether oxygens (including phenoxy) is 1. The minimum absolute atomic E-state index is 0. The Labute approximate surface area is 116 Å². The SMILES string of the molecule is CN(CC1CCCC1)C(=O)CC1COCCN1.Cl. The molecule has 0 bridgehead atoms. The summed E-state index contributed by atoms with van der Waals surface area (Å²) in [5.74, 6) is 0.986. The molecule has 1 N–H and O–H groups in total. The Morgan fingerprint density at radius 3 is 2.72 bits per heavy atom. The van der Waals surface area contributed by atoms with Crippen LogP contribution in [0, 0.1) is 5.92 Å². The van der Waals surface area contributed by atoms with Gasteiger partial charge in [-0.05, 0) is 18.8 Å². The van der Waals surface area contributed by atoms with Gasteiger partial charge in [-0.3, -0.25) is 4.79 Å². The second-order valence-corrected chi connectivity index (χ2v) is 5.35. The van der Waals surface area contributed by atoms with E-state index in [-0.39, 0.29) is 24.4 Å². The van der Waals surface area contributed by atoms with Gasteiger partial charge in [0.2, 0.25) is 5.91 Å². The highest BCUT2D eigenvalue weighted by molar-refractivity contribution is 5.85. The molecule has 1 atom stereocenters. The van der Waals surface area contributed by atoms with Gasteiger partial charge in [-0.15, -0.1) is 12.4 Å². The lowest BCUT2D eigenvalue weighted by atomic mass is 10.1. The van der Waals surface area contributed by atoms with Crippen molar-refractivity contribution in [1.82, 2.24) is 10.2 Å². The van der Waals surface area contributed by atoms with Crippen LogP contribution in [0.1, 0.15) is 32.1 Å². The van der Waals surface area contributed by atoms with Gasteiger partial charge in [0.05, 0.1) is 13.2 Å². The first-order valence-electron chi connectivity index (χ1n) is 6.81. The maximum absolute atomic E-state index is 12.0. The Morgan fingerprint density at radius 1 is 1.39 bits per heavy atom. The van der Waals surface area contributed by atoms with Gasteiger partial charge in [0.1, 0.15) is 0 Å². The third-order valence-corrected chi connectivity index (χ3v) is 3.85. The van der Waals surface area contributed by atoms with Crippen molar-refractivity contribution < 1.29 is 9.53 Å². The fourth-order valence-corrected chi connectivity index (χ4v) is 2.80. The summed E-state index contributed by atoms with van der Waals surface area (Å²) in [4.78, 5) is 13.9. The molecule has 0 aromatic carbocycles. The molecule has 106 valence electrons. The number of amides is 1. The molecule has 1 unspecified atom stereocenters. The average molecular weight is 277 g/mol. The highest BCUT2D eigenvalue weighted by atomic mass is 35.5. The summed E-state index contributed by atoms with van der Waals surface area (Å²) >= 11 is 0. The summed E-state index contributed by atoms with van der Waals surface area (Å²) in [5, 5.41) is 3.33. The van der Waals surface area contributed by atoms with E-state index >= 15 is 0 Å². The molecular weight excluding hydrogens is 252 g/mol. The van der Waals surface area contributed by atoms with Gasteiger partial charge in [0, 0.05) is 32.6 Å². The van der Waals surface area contributed by atoms with Crippen molar-refractivity contribution in [2.75, 3.05) is 33.4 Å². The monoisotopic (exact) mass is 276 g/mol. The molecule has 4 nitrogen and oxygen atoms in total. The minimum atomic E-state index is 0. The van der Waals surface area contributed by atoms with Gasteiger partial charge >= 0.3 is 0 Å². The third-order valence-electron chi connectivity index (χ3n) is 3.85. The van der Waals surface area contributed by atoms with Crippen molar-refractivity contribution in [1.29, 1.82) is 0 Å². The van der Waals surface area contributed by atoms with Gasteiger partial charge in [0.25, 0.3) is 0 Å². The van der Waals surface area contributed by atoms with Crippen LogP contribution in [0.15, 0.2) is 0 Å². The van der Waals surface area contributed by atoms with Crippen LogP contribution in [-0.2, 0) is 9.53 Å². The maximum atomic E-state index is 12.0. The molecule has 0 radical (unpaired) electrons. The van der Waals surface area contributed by atoms with E-state index in [1.54, 1.807) is 0 Å². The summed E-state index contributed by atoms with van der Waals surface area (Å²) in [6.45, 7) is 3.24. The number of rotatable bonds is 4. The van der Waals surface area contributed by atoms with Gasteiger partial charge in [-0.2, -0.15) is 0 Å². The van der Waals surface area contributed by atoms with Crippen LogP contribution < -0.4 is 5.32 Å². The number of nitrogens with zero attached hydrogens (tertiary/aromatic N) is 1. The normalized spacial score (nSPS) is 24.6. The number of halogens is 1. The van der Waals surface area contributed by atoms with Crippen molar-refractivity contribution in [2.24, 2.45) is 5.92 Å². The predicted molar refractivity (Wildman–Crippen MR) is 74.1 cm³/mol. The van der Waals surface area contributed by atoms with Crippen LogP contribution in [0.2, 0.25) is 0 Å². The van der Waals surface area contributed by atoms with Crippen LogP contribution >= 0.6 is 12.4 Å². The highest BCUT2D eigenvalue weighted by Gasteiger charge is 2.22. The van der Waals surface area contributed by atoms with Crippen molar-refractivity contribution in [3.63, 3.8) is 0 Å². The van der Waals surface area contributed by atoms with Crippen LogP contribution in [0.3, 0.4) is 0 Å². The second-order valence-electron chi connectivity index (χ2n) is 5.35. The molecule has 2 aliphatic rings. The smallest absolute Gasteiger partial charge is 0.223 e. The Morgan fingerprint density at radius 2 is 2.11 bits per heavy atom. The van der Waals surface area contributed by atoms with Gasteiger partial charge in [-0.25, -0.2) is 0 Å². The zero-order valence-corrected chi connectivity index (χ0v) is 12.0. The number of hydrogen-bond donors (Lipinski definition) is 1. The molecular formula is C13H25ClN2O2. The van der Waals surface area contributed by atoms with E-state index in [2.05, 4.69) is 5.32 Å². The molecule has 1 aliphatic heterocycles. The second kappa shape index (κ2) is 7.97. The molecule has 0 aromatic rings. The molecule has 2 rings (SSSR count). The molecule has 0 spiro atoms. The van der Waals surface area contributed by atoms with Crippen molar-refractivity contribution >= 4 is 18.3 Å². The number of carbonyl (C=O) groups is 1. The van der Waals surface area contributed by atoms with Crippen molar-refractivity contribution in [2.45, 2.75) is 38.1 Å². The van der Waals surface area contributed by atoms with E-state index in [1.807, 2.05) is 11.9 Å². The summed E-state index contributed by atoms with van der Waals surface area (Å²) < 4.78 is 5.36. The zero-order valence-electron chi connectivity index (χ0n) is 11.2. The Balaban J connectivity index is 0.00000162. The maximum Gasteiger partial charge on any atom is 0.223 e. The van der Waals surface area contributed by atoms with Crippen LogP contribution in [0.4, 0.5) is 0 Å². The van der Waals surface area contributed by atoms with E-state index in [1.165, 1.54) is 25.7 Å². The van der Waals surface area contributed by atoms with Crippen LogP contribution in [-0.4, -0.2) is 50.2 Å². The van der Waals surface area contributed by atoms with Gasteiger partial charge in [-0.1, -0.05) is 12.8 Å². The van der Waals surface area contributed by atoms with Gasteiger partial charge < -0.3 is 15.0 Å². The topological polar surface area (TPSA) is 41.6 Å². The Bertz CT molecular complexity index is 251. The fraction of sp³-hybridized carbons (Fsp3) is 0.923. The first-order valence-corrected chi connectivity index (χ1v) is 6.81. The highest BCUT2D eigenvalue weighted by Crippen LogP contribution is 2.25. The minimum Gasteiger partial charge on any atom is -0.378 e. The Kier molecular flexibility index (Phi) is 6.97. The van der Waals surface area contributed by atoms with Gasteiger partial charge in [0.15, 0.2) is 0 Å². The fourth-order valence-electron chi connectivity index (χ4n) is 2.80. The summed E-state index contributed by atoms with van der Waals surface area (Å²) in [5.41, 5.74) is 0. The molecule has 1 saturated heterocycles. The van der Waals surface area contributed by atoms with Crippen molar-refractivity contribution in [3.8, 4) is 0 Å². The molecule has 2 fully saturated rings. The standard InChI is InChI=1S/C13H24N2O2.ClH/c1-15(9-11-4-2-3-5-11)13(16)8-12-10-17-7-6-14-12;/h11-12,14H,2-10H2,1H3;1H.